The third-order valence-corrected chi connectivity index (χ3v) is 3.50. The molecule has 1 atom stereocenters. The second kappa shape index (κ2) is 7.48. The molecule has 2 N–H and O–H groups in total. The van der Waals surface area contributed by atoms with Crippen molar-refractivity contribution in [3.63, 3.8) is 0 Å². The highest BCUT2D eigenvalue weighted by Gasteiger charge is 2.13. The summed E-state index contributed by atoms with van der Waals surface area (Å²) >= 11 is 3.29. The molecule has 0 saturated carbocycles. The molecule has 0 radical (unpaired) electrons. The summed E-state index contributed by atoms with van der Waals surface area (Å²) in [4.78, 5) is 16.2. The second-order valence-corrected chi connectivity index (χ2v) is 5.04. The molecule has 1 rings (SSSR count). The zero-order valence-corrected chi connectivity index (χ0v) is 12.3. The summed E-state index contributed by atoms with van der Waals surface area (Å²) in [6.07, 6.45) is 1.65. The lowest BCUT2D eigenvalue weighted by molar-refractivity contribution is 0.0942. The van der Waals surface area contributed by atoms with Crippen LogP contribution in [0.2, 0.25) is 0 Å². The number of rotatable bonds is 6. The molecule has 1 unspecified atom stereocenters. The van der Waals surface area contributed by atoms with E-state index in [2.05, 4.69) is 33.2 Å². The van der Waals surface area contributed by atoms with E-state index < -0.39 is 0 Å². The Labute approximate surface area is 116 Å². The van der Waals surface area contributed by atoms with Gasteiger partial charge in [-0.2, -0.15) is 0 Å². The van der Waals surface area contributed by atoms with Gasteiger partial charge in [0.1, 0.15) is 4.60 Å². The highest BCUT2D eigenvalue weighted by molar-refractivity contribution is 9.10. The Morgan fingerprint density at radius 1 is 1.56 bits per heavy atom. The van der Waals surface area contributed by atoms with E-state index in [9.17, 15) is 4.79 Å². The molecule has 0 spiro atoms. The summed E-state index contributed by atoms with van der Waals surface area (Å²) in [5, 5.41) is 11.8. The van der Waals surface area contributed by atoms with Gasteiger partial charge in [0, 0.05) is 18.8 Å². The molecular formula is C13H19BrN2O2. The van der Waals surface area contributed by atoms with Crippen molar-refractivity contribution in [2.75, 3.05) is 13.2 Å². The number of halogens is 1. The quantitative estimate of drug-likeness (QED) is 0.792. The third-order valence-electron chi connectivity index (χ3n) is 2.90. The fourth-order valence-corrected chi connectivity index (χ4v) is 2.25. The van der Waals surface area contributed by atoms with Gasteiger partial charge in [0.2, 0.25) is 0 Å². The molecule has 4 nitrogen and oxygen atoms in total. The van der Waals surface area contributed by atoms with Gasteiger partial charge >= 0.3 is 0 Å². The monoisotopic (exact) mass is 314 g/mol. The van der Waals surface area contributed by atoms with E-state index >= 15 is 0 Å². The summed E-state index contributed by atoms with van der Waals surface area (Å²) in [5.74, 6) is 0.182. The molecule has 100 valence electrons. The lowest BCUT2D eigenvalue weighted by Gasteiger charge is -2.14. The summed E-state index contributed by atoms with van der Waals surface area (Å²) in [5.41, 5.74) is 1.41. The number of hydrogen-bond donors (Lipinski definition) is 2. The normalized spacial score (nSPS) is 12.2. The molecule has 0 aliphatic carbocycles. The van der Waals surface area contributed by atoms with Crippen LogP contribution >= 0.6 is 15.9 Å². The Balaban J connectivity index is 2.59. The number of carbonyl (C=O) groups excluding carboxylic acids is 1. The van der Waals surface area contributed by atoms with Crippen LogP contribution < -0.4 is 5.32 Å². The van der Waals surface area contributed by atoms with E-state index in [1.54, 1.807) is 6.07 Å². The van der Waals surface area contributed by atoms with Crippen molar-refractivity contribution >= 4 is 21.8 Å². The molecule has 1 aromatic rings. The minimum absolute atomic E-state index is 0.134. The van der Waals surface area contributed by atoms with Crippen LogP contribution in [0, 0.1) is 12.8 Å². The van der Waals surface area contributed by atoms with Crippen molar-refractivity contribution in [1.29, 1.82) is 0 Å². The summed E-state index contributed by atoms with van der Waals surface area (Å²) in [7, 11) is 0. The fraction of sp³-hybridized carbons (Fsp3) is 0.538. The zero-order chi connectivity index (χ0) is 13.5. The van der Waals surface area contributed by atoms with E-state index in [0.717, 1.165) is 12.1 Å². The number of pyridine rings is 1. The van der Waals surface area contributed by atoms with Crippen LogP contribution in [0.1, 0.15) is 35.8 Å². The van der Waals surface area contributed by atoms with Crippen molar-refractivity contribution in [2.45, 2.75) is 26.7 Å². The lowest BCUT2D eigenvalue weighted by Crippen LogP contribution is -2.30. The van der Waals surface area contributed by atoms with E-state index in [1.807, 2.05) is 13.0 Å². The van der Waals surface area contributed by atoms with Crippen LogP contribution in [0.15, 0.2) is 16.7 Å². The molecule has 0 aliphatic heterocycles. The molecule has 18 heavy (non-hydrogen) atoms. The first-order valence-electron chi connectivity index (χ1n) is 6.10. The predicted octanol–water partition coefficient (Wildman–Crippen LogP) is 2.29. The molecule has 1 aromatic heterocycles. The maximum absolute atomic E-state index is 12.0. The van der Waals surface area contributed by atoms with E-state index in [4.69, 9.17) is 5.11 Å². The molecule has 5 heteroatoms. The molecular weight excluding hydrogens is 296 g/mol. The van der Waals surface area contributed by atoms with Crippen molar-refractivity contribution in [2.24, 2.45) is 5.92 Å². The van der Waals surface area contributed by atoms with Crippen LogP contribution in [-0.2, 0) is 0 Å². The topological polar surface area (TPSA) is 62.2 Å². The van der Waals surface area contributed by atoms with Gasteiger partial charge in [-0.05, 0) is 47.3 Å². The van der Waals surface area contributed by atoms with Gasteiger partial charge in [0.15, 0.2) is 0 Å². The Morgan fingerprint density at radius 2 is 2.28 bits per heavy atom. The van der Waals surface area contributed by atoms with E-state index in [1.165, 1.54) is 0 Å². The number of aromatic nitrogens is 1. The number of carbonyl (C=O) groups is 1. The highest BCUT2D eigenvalue weighted by atomic mass is 79.9. The van der Waals surface area contributed by atoms with Gasteiger partial charge in [0.05, 0.1) is 5.56 Å². The number of aliphatic hydroxyl groups is 1. The molecule has 1 amide bonds. The molecule has 0 bridgehead atoms. The van der Waals surface area contributed by atoms with Crippen molar-refractivity contribution in [3.8, 4) is 0 Å². The maximum Gasteiger partial charge on any atom is 0.254 e. The number of amides is 1. The standard InChI is InChI=1S/C13H19BrN2O2/c1-3-10(6-7-17)8-15-13(18)11-5-4-9(2)16-12(11)14/h4-5,10,17H,3,6-8H2,1-2H3,(H,15,18). The number of nitrogens with one attached hydrogen (secondary N) is 1. The average molecular weight is 315 g/mol. The number of nitrogens with zero attached hydrogens (tertiary/aromatic N) is 1. The first-order valence-corrected chi connectivity index (χ1v) is 6.90. The van der Waals surface area contributed by atoms with Crippen molar-refractivity contribution < 1.29 is 9.90 Å². The molecule has 1 heterocycles. The first kappa shape index (κ1) is 15.1. The first-order chi connectivity index (χ1) is 8.58. The van der Waals surface area contributed by atoms with Crippen LogP contribution in [0.5, 0.6) is 0 Å². The van der Waals surface area contributed by atoms with Gasteiger partial charge in [-0.25, -0.2) is 4.98 Å². The van der Waals surface area contributed by atoms with Gasteiger partial charge in [-0.3, -0.25) is 4.79 Å². The summed E-state index contributed by atoms with van der Waals surface area (Å²) < 4.78 is 0.565. The predicted molar refractivity (Wildman–Crippen MR) is 74.5 cm³/mol. The van der Waals surface area contributed by atoms with Crippen molar-refractivity contribution in [3.05, 3.63) is 28.0 Å². The highest BCUT2D eigenvalue weighted by Crippen LogP contribution is 2.14. The van der Waals surface area contributed by atoms with Gasteiger partial charge < -0.3 is 10.4 Å². The minimum atomic E-state index is -0.134. The van der Waals surface area contributed by atoms with E-state index in [0.29, 0.717) is 29.1 Å². The van der Waals surface area contributed by atoms with Crippen LogP contribution in [-0.4, -0.2) is 29.1 Å². The fourth-order valence-electron chi connectivity index (χ4n) is 1.66. The molecule has 0 aromatic carbocycles. The smallest absolute Gasteiger partial charge is 0.254 e. The van der Waals surface area contributed by atoms with Crippen LogP contribution in [0.3, 0.4) is 0 Å². The molecule has 0 saturated heterocycles. The van der Waals surface area contributed by atoms with Crippen LogP contribution in [0.25, 0.3) is 0 Å². The number of aryl methyl sites for hydroxylation is 1. The summed E-state index contributed by atoms with van der Waals surface area (Å²) in [6, 6.07) is 3.57. The van der Waals surface area contributed by atoms with Gasteiger partial charge in [-0.1, -0.05) is 13.3 Å². The number of hydrogen-bond acceptors (Lipinski definition) is 3. The summed E-state index contributed by atoms with van der Waals surface area (Å²) in [6.45, 7) is 4.66. The molecule has 0 fully saturated rings. The zero-order valence-electron chi connectivity index (χ0n) is 10.7. The van der Waals surface area contributed by atoms with E-state index in [-0.39, 0.29) is 12.5 Å². The number of aliphatic hydroxyl groups excluding tert-OH is 1. The van der Waals surface area contributed by atoms with Gasteiger partial charge in [-0.15, -0.1) is 0 Å². The Morgan fingerprint density at radius 3 is 2.83 bits per heavy atom. The van der Waals surface area contributed by atoms with Gasteiger partial charge in [0.25, 0.3) is 5.91 Å². The van der Waals surface area contributed by atoms with Crippen molar-refractivity contribution in [1.82, 2.24) is 10.3 Å². The second-order valence-electron chi connectivity index (χ2n) is 4.29. The van der Waals surface area contributed by atoms with Crippen LogP contribution in [0.4, 0.5) is 0 Å². The minimum Gasteiger partial charge on any atom is -0.396 e. The molecule has 0 aliphatic rings. The third kappa shape index (κ3) is 4.38. The maximum atomic E-state index is 12.0. The largest absolute Gasteiger partial charge is 0.396 e. The average Bonchev–Trinajstić information content (AvgIpc) is 2.34. The lowest BCUT2D eigenvalue weighted by atomic mass is 10.0. The Hall–Kier alpha value is -0.940. The Kier molecular flexibility index (Phi) is 6.29. The SMILES string of the molecule is CCC(CCO)CNC(=O)c1ccc(C)nc1Br. The Bertz CT molecular complexity index is 410.